The number of nitrogens with one attached hydrogen (secondary N) is 1. The summed E-state index contributed by atoms with van der Waals surface area (Å²) in [6.07, 6.45) is -4.54. The Morgan fingerprint density at radius 1 is 1.20 bits per heavy atom. The van der Waals surface area contributed by atoms with E-state index in [1.165, 1.54) is 6.07 Å². The van der Waals surface area contributed by atoms with Crippen LogP contribution in [0.25, 0.3) is 11.2 Å². The van der Waals surface area contributed by atoms with Crippen LogP contribution in [-0.4, -0.2) is 15.0 Å². The molecule has 0 saturated carbocycles. The highest BCUT2D eigenvalue weighted by Gasteiger charge is 2.35. The highest BCUT2D eigenvalue weighted by molar-refractivity contribution is 6.41. The number of alkyl halides is 3. The number of aromatic nitrogens is 3. The third-order valence-electron chi connectivity index (χ3n) is 1.65. The minimum absolute atomic E-state index is 0.0709. The Labute approximate surface area is 91.2 Å². The van der Waals surface area contributed by atoms with Crippen LogP contribution in [0.4, 0.5) is 13.2 Å². The monoisotopic (exact) mass is 255 g/mol. The predicted octanol–water partition coefficient (Wildman–Crippen LogP) is 3.28. The quantitative estimate of drug-likeness (QED) is 0.735. The van der Waals surface area contributed by atoms with Crippen molar-refractivity contribution in [3.05, 3.63) is 22.1 Å². The van der Waals surface area contributed by atoms with Gasteiger partial charge in [-0.05, 0) is 6.07 Å². The maximum atomic E-state index is 12.2. The minimum Gasteiger partial charge on any atom is -0.333 e. The van der Waals surface area contributed by atoms with Crippen molar-refractivity contribution in [1.29, 1.82) is 0 Å². The molecule has 0 aromatic carbocycles. The number of hydrogen-bond donors (Lipinski definition) is 1. The topological polar surface area (TPSA) is 41.6 Å². The fourth-order valence-electron chi connectivity index (χ4n) is 1.03. The van der Waals surface area contributed by atoms with Crippen LogP contribution >= 0.6 is 23.2 Å². The van der Waals surface area contributed by atoms with Crippen LogP contribution in [0, 0.1) is 0 Å². The Kier molecular flexibility index (Phi) is 2.27. The second-order valence-electron chi connectivity index (χ2n) is 2.72. The normalized spacial score (nSPS) is 12.3. The lowest BCUT2D eigenvalue weighted by atomic mass is 10.4. The van der Waals surface area contributed by atoms with Gasteiger partial charge in [-0.2, -0.15) is 13.2 Å². The van der Waals surface area contributed by atoms with Crippen LogP contribution < -0.4 is 0 Å². The van der Waals surface area contributed by atoms with Gasteiger partial charge in [-0.3, -0.25) is 0 Å². The van der Waals surface area contributed by atoms with E-state index in [0.717, 1.165) is 0 Å². The Bertz CT molecular complexity index is 481. The average molecular weight is 256 g/mol. The predicted molar refractivity (Wildman–Crippen MR) is 48.9 cm³/mol. The van der Waals surface area contributed by atoms with Crippen LogP contribution in [0.2, 0.25) is 10.2 Å². The molecule has 8 heteroatoms. The lowest BCUT2D eigenvalue weighted by Crippen LogP contribution is -2.06. The summed E-state index contributed by atoms with van der Waals surface area (Å²) in [5, 5.41) is -0.00840. The molecule has 2 heterocycles. The second-order valence-corrected chi connectivity index (χ2v) is 3.48. The van der Waals surface area contributed by atoms with Gasteiger partial charge >= 0.3 is 6.18 Å². The van der Waals surface area contributed by atoms with E-state index in [1.54, 1.807) is 0 Å². The van der Waals surface area contributed by atoms with Gasteiger partial charge in [0.25, 0.3) is 0 Å². The Balaban J connectivity index is 2.66. The number of H-pyrrole nitrogens is 1. The summed E-state index contributed by atoms with van der Waals surface area (Å²) in [6.45, 7) is 0. The number of rotatable bonds is 0. The second kappa shape index (κ2) is 3.24. The highest BCUT2D eigenvalue weighted by atomic mass is 35.5. The van der Waals surface area contributed by atoms with Gasteiger partial charge in [0.15, 0.2) is 5.65 Å². The van der Waals surface area contributed by atoms with Crippen LogP contribution in [0.15, 0.2) is 6.07 Å². The number of fused-ring (bicyclic) bond motifs is 1. The van der Waals surface area contributed by atoms with Crippen molar-refractivity contribution in [2.45, 2.75) is 6.18 Å². The molecule has 0 radical (unpaired) electrons. The molecule has 0 aliphatic rings. The fourth-order valence-corrected chi connectivity index (χ4v) is 1.32. The van der Waals surface area contributed by atoms with Crippen molar-refractivity contribution in [2.24, 2.45) is 0 Å². The SMILES string of the molecule is FC(F)(F)c1nc2nc(Cl)c(Cl)cc2[nH]1. The molecule has 0 spiro atoms. The first-order valence-corrected chi connectivity index (χ1v) is 4.42. The number of hydrogen-bond acceptors (Lipinski definition) is 2. The van der Waals surface area contributed by atoms with Crippen LogP contribution in [0.1, 0.15) is 5.82 Å². The molecule has 2 aromatic heterocycles. The van der Waals surface area contributed by atoms with E-state index in [2.05, 4.69) is 15.0 Å². The molecule has 0 amide bonds. The standard InChI is InChI=1S/C7H2Cl2F3N3/c8-2-1-3-5(14-4(2)9)15-6(13-3)7(10,11)12/h1H,(H,13,14,15). The van der Waals surface area contributed by atoms with Crippen LogP contribution in [-0.2, 0) is 6.18 Å². The Morgan fingerprint density at radius 3 is 2.47 bits per heavy atom. The van der Waals surface area contributed by atoms with Crippen molar-refractivity contribution >= 4 is 34.4 Å². The molecule has 2 rings (SSSR count). The number of pyridine rings is 1. The zero-order valence-electron chi connectivity index (χ0n) is 6.86. The molecule has 0 aliphatic heterocycles. The van der Waals surface area contributed by atoms with Crippen molar-refractivity contribution < 1.29 is 13.2 Å². The summed E-state index contributed by atoms with van der Waals surface area (Å²) in [5.41, 5.74) is -0.0200. The van der Waals surface area contributed by atoms with Crippen LogP contribution in [0.5, 0.6) is 0 Å². The van der Waals surface area contributed by atoms with E-state index < -0.39 is 12.0 Å². The summed E-state index contributed by atoms with van der Waals surface area (Å²) >= 11 is 11.1. The molecule has 80 valence electrons. The number of nitrogens with zero attached hydrogens (tertiary/aromatic N) is 2. The molecule has 2 aromatic rings. The van der Waals surface area contributed by atoms with Gasteiger partial charge in [-0.25, -0.2) is 9.97 Å². The minimum atomic E-state index is -4.54. The first-order valence-electron chi connectivity index (χ1n) is 3.67. The average Bonchev–Trinajstić information content (AvgIpc) is 2.47. The zero-order valence-corrected chi connectivity index (χ0v) is 8.37. The summed E-state index contributed by atoms with van der Waals surface area (Å²) in [6, 6.07) is 1.24. The first-order chi connectivity index (χ1) is 6.88. The van der Waals surface area contributed by atoms with Crippen molar-refractivity contribution in [1.82, 2.24) is 15.0 Å². The molecule has 0 fully saturated rings. The molecule has 0 atom stereocenters. The first kappa shape index (κ1) is 10.5. The van der Waals surface area contributed by atoms with Crippen LogP contribution in [0.3, 0.4) is 0 Å². The van der Waals surface area contributed by atoms with Gasteiger partial charge < -0.3 is 4.98 Å². The maximum absolute atomic E-state index is 12.2. The summed E-state index contributed by atoms with van der Waals surface area (Å²) in [7, 11) is 0. The van der Waals surface area contributed by atoms with Crippen molar-refractivity contribution in [3.8, 4) is 0 Å². The molecule has 0 bridgehead atoms. The zero-order chi connectivity index (χ0) is 11.2. The molecular formula is C7H2Cl2F3N3. The van der Waals surface area contributed by atoms with Crippen molar-refractivity contribution in [2.75, 3.05) is 0 Å². The number of imidazole rings is 1. The smallest absolute Gasteiger partial charge is 0.333 e. The van der Waals surface area contributed by atoms with Gasteiger partial charge in [0, 0.05) is 0 Å². The van der Waals surface area contributed by atoms with Crippen molar-refractivity contribution in [3.63, 3.8) is 0 Å². The lowest BCUT2D eigenvalue weighted by Gasteiger charge is -1.98. The van der Waals surface area contributed by atoms with E-state index in [-0.39, 0.29) is 21.3 Å². The third kappa shape index (κ3) is 1.87. The van der Waals surface area contributed by atoms with Gasteiger partial charge in [-0.15, -0.1) is 0 Å². The van der Waals surface area contributed by atoms with E-state index in [4.69, 9.17) is 23.2 Å². The molecule has 0 unspecified atom stereocenters. The molecular weight excluding hydrogens is 254 g/mol. The van der Waals surface area contributed by atoms with E-state index in [0.29, 0.717) is 0 Å². The molecule has 0 saturated heterocycles. The van der Waals surface area contributed by atoms with Gasteiger partial charge in [0.1, 0.15) is 5.15 Å². The lowest BCUT2D eigenvalue weighted by molar-refractivity contribution is -0.144. The van der Waals surface area contributed by atoms with E-state index in [9.17, 15) is 13.2 Å². The summed E-state index contributed by atoms with van der Waals surface area (Å²) < 4.78 is 36.7. The van der Waals surface area contributed by atoms with E-state index >= 15 is 0 Å². The molecule has 15 heavy (non-hydrogen) atoms. The molecule has 3 nitrogen and oxygen atoms in total. The Morgan fingerprint density at radius 2 is 1.87 bits per heavy atom. The Hall–Kier alpha value is -1.01. The van der Waals surface area contributed by atoms with E-state index in [1.807, 2.05) is 0 Å². The molecule has 0 aliphatic carbocycles. The summed E-state index contributed by atoms with van der Waals surface area (Å²) in [5.74, 6) is -1.12. The largest absolute Gasteiger partial charge is 0.449 e. The maximum Gasteiger partial charge on any atom is 0.449 e. The summed E-state index contributed by atoms with van der Waals surface area (Å²) in [4.78, 5) is 8.91. The van der Waals surface area contributed by atoms with Gasteiger partial charge in [-0.1, -0.05) is 23.2 Å². The van der Waals surface area contributed by atoms with Gasteiger partial charge in [0.05, 0.1) is 10.5 Å². The fraction of sp³-hybridized carbons (Fsp3) is 0.143. The number of aromatic amines is 1. The third-order valence-corrected chi connectivity index (χ3v) is 2.33. The number of halogens is 5. The molecule has 1 N–H and O–H groups in total. The van der Waals surface area contributed by atoms with Gasteiger partial charge in [0.2, 0.25) is 5.82 Å². The highest BCUT2D eigenvalue weighted by Crippen LogP contribution is 2.30.